The van der Waals surface area contributed by atoms with Gasteiger partial charge < -0.3 is 9.64 Å². The Labute approximate surface area is 180 Å². The summed E-state index contributed by atoms with van der Waals surface area (Å²) in [6, 6.07) is 22.9. The SMILES string of the molecule is COc1ccc2c(c1)-c1sc(C(=O)N(C)Cc3cccc4ccccc34)cc1CC2. The minimum absolute atomic E-state index is 0.0757. The first kappa shape index (κ1) is 18.9. The van der Waals surface area contributed by atoms with E-state index in [-0.39, 0.29) is 5.91 Å². The number of carbonyl (C=O) groups is 1. The summed E-state index contributed by atoms with van der Waals surface area (Å²) in [5, 5.41) is 2.40. The second kappa shape index (κ2) is 7.62. The number of hydrogen-bond acceptors (Lipinski definition) is 3. The zero-order chi connectivity index (χ0) is 20.7. The number of carbonyl (C=O) groups excluding carboxylic acids is 1. The van der Waals surface area contributed by atoms with E-state index >= 15 is 0 Å². The third kappa shape index (κ3) is 3.27. The second-order valence-corrected chi connectivity index (χ2v) is 8.84. The molecule has 4 aromatic rings. The van der Waals surface area contributed by atoms with E-state index in [0.29, 0.717) is 6.54 Å². The van der Waals surface area contributed by atoms with Crippen LogP contribution in [0.4, 0.5) is 0 Å². The molecule has 30 heavy (non-hydrogen) atoms. The Kier molecular flexibility index (Phi) is 4.80. The van der Waals surface area contributed by atoms with Gasteiger partial charge in [-0.15, -0.1) is 11.3 Å². The molecule has 1 heterocycles. The van der Waals surface area contributed by atoms with Gasteiger partial charge in [-0.05, 0) is 64.1 Å². The van der Waals surface area contributed by atoms with Crippen molar-refractivity contribution in [1.29, 1.82) is 0 Å². The van der Waals surface area contributed by atoms with E-state index in [1.54, 1.807) is 18.4 Å². The van der Waals surface area contributed by atoms with Crippen LogP contribution in [-0.2, 0) is 19.4 Å². The monoisotopic (exact) mass is 413 g/mol. The number of rotatable bonds is 4. The van der Waals surface area contributed by atoms with Gasteiger partial charge in [-0.3, -0.25) is 4.79 Å². The van der Waals surface area contributed by atoms with Crippen molar-refractivity contribution in [2.45, 2.75) is 19.4 Å². The highest BCUT2D eigenvalue weighted by molar-refractivity contribution is 7.17. The van der Waals surface area contributed by atoms with Gasteiger partial charge in [0.2, 0.25) is 0 Å². The van der Waals surface area contributed by atoms with Crippen LogP contribution in [0.15, 0.2) is 66.7 Å². The summed E-state index contributed by atoms with van der Waals surface area (Å²) < 4.78 is 5.42. The quantitative estimate of drug-likeness (QED) is 0.414. The van der Waals surface area contributed by atoms with E-state index in [2.05, 4.69) is 48.5 Å². The van der Waals surface area contributed by atoms with E-state index in [1.165, 1.54) is 37.9 Å². The molecule has 3 nitrogen and oxygen atoms in total. The molecule has 0 unspecified atom stereocenters. The fraction of sp³-hybridized carbons (Fsp3) is 0.192. The number of benzene rings is 3. The molecule has 0 fully saturated rings. The predicted molar refractivity (Wildman–Crippen MR) is 123 cm³/mol. The van der Waals surface area contributed by atoms with Crippen molar-refractivity contribution < 1.29 is 9.53 Å². The van der Waals surface area contributed by atoms with E-state index < -0.39 is 0 Å². The average molecular weight is 414 g/mol. The van der Waals surface area contributed by atoms with Crippen LogP contribution in [0.1, 0.15) is 26.4 Å². The fourth-order valence-electron chi connectivity index (χ4n) is 4.27. The molecule has 1 aliphatic rings. The summed E-state index contributed by atoms with van der Waals surface area (Å²) in [5.74, 6) is 0.933. The Hall–Kier alpha value is -3.11. The van der Waals surface area contributed by atoms with Crippen LogP contribution >= 0.6 is 11.3 Å². The van der Waals surface area contributed by atoms with E-state index in [4.69, 9.17) is 4.74 Å². The van der Waals surface area contributed by atoms with Crippen molar-refractivity contribution >= 4 is 28.0 Å². The van der Waals surface area contributed by atoms with Gasteiger partial charge in [0.05, 0.1) is 12.0 Å². The third-order valence-corrected chi connectivity index (χ3v) is 7.08. The van der Waals surface area contributed by atoms with Crippen molar-refractivity contribution in [3.8, 4) is 16.2 Å². The highest BCUT2D eigenvalue weighted by atomic mass is 32.1. The lowest BCUT2D eigenvalue weighted by Crippen LogP contribution is -2.25. The van der Waals surface area contributed by atoms with Crippen LogP contribution in [0.2, 0.25) is 0 Å². The lowest BCUT2D eigenvalue weighted by Gasteiger charge is -2.17. The molecule has 1 aliphatic carbocycles. The maximum atomic E-state index is 13.2. The highest BCUT2D eigenvalue weighted by Crippen LogP contribution is 2.41. The Morgan fingerprint density at radius 2 is 1.80 bits per heavy atom. The van der Waals surface area contributed by atoms with Gasteiger partial charge in [0.1, 0.15) is 5.75 Å². The van der Waals surface area contributed by atoms with E-state index in [9.17, 15) is 4.79 Å². The summed E-state index contributed by atoms with van der Waals surface area (Å²) in [6.45, 7) is 0.590. The topological polar surface area (TPSA) is 29.5 Å². The largest absolute Gasteiger partial charge is 0.497 e. The van der Waals surface area contributed by atoms with E-state index in [0.717, 1.165) is 23.5 Å². The fourth-order valence-corrected chi connectivity index (χ4v) is 5.53. The minimum Gasteiger partial charge on any atom is -0.497 e. The molecule has 0 saturated heterocycles. The van der Waals surface area contributed by atoms with Gasteiger partial charge in [0.15, 0.2) is 0 Å². The first-order valence-corrected chi connectivity index (χ1v) is 11.0. The molecule has 5 rings (SSSR count). The summed E-state index contributed by atoms with van der Waals surface area (Å²) in [6.07, 6.45) is 1.98. The molecule has 0 bridgehead atoms. The molecular formula is C26H23NO2S. The highest BCUT2D eigenvalue weighted by Gasteiger charge is 2.23. The lowest BCUT2D eigenvalue weighted by atomic mass is 9.91. The average Bonchev–Trinajstić information content (AvgIpc) is 3.23. The second-order valence-electron chi connectivity index (χ2n) is 7.79. The molecule has 1 amide bonds. The number of hydrogen-bond donors (Lipinski definition) is 0. The van der Waals surface area contributed by atoms with Crippen molar-refractivity contribution in [2.75, 3.05) is 14.2 Å². The molecule has 0 radical (unpaired) electrons. The van der Waals surface area contributed by atoms with Crippen LogP contribution in [0.3, 0.4) is 0 Å². The predicted octanol–water partition coefficient (Wildman–Crippen LogP) is 5.95. The van der Waals surface area contributed by atoms with Crippen LogP contribution in [0.5, 0.6) is 5.75 Å². The van der Waals surface area contributed by atoms with Gasteiger partial charge in [-0.25, -0.2) is 0 Å². The number of nitrogens with zero attached hydrogens (tertiary/aromatic N) is 1. The lowest BCUT2D eigenvalue weighted by molar-refractivity contribution is 0.0790. The van der Waals surface area contributed by atoms with Crippen molar-refractivity contribution in [2.24, 2.45) is 0 Å². The molecule has 0 saturated carbocycles. The molecule has 150 valence electrons. The molecule has 0 N–H and O–H groups in total. The van der Waals surface area contributed by atoms with Gasteiger partial charge in [-0.2, -0.15) is 0 Å². The summed E-state index contributed by atoms with van der Waals surface area (Å²) in [4.78, 5) is 17.1. The number of amides is 1. The van der Waals surface area contributed by atoms with Crippen molar-refractivity contribution in [3.05, 3.63) is 88.3 Å². The van der Waals surface area contributed by atoms with Crippen LogP contribution < -0.4 is 4.74 Å². The zero-order valence-corrected chi connectivity index (χ0v) is 18.0. The molecule has 4 heteroatoms. The molecule has 3 aromatic carbocycles. The van der Waals surface area contributed by atoms with E-state index in [1.807, 2.05) is 30.1 Å². The number of aryl methyl sites for hydroxylation is 2. The van der Waals surface area contributed by atoms with Crippen molar-refractivity contribution in [1.82, 2.24) is 4.90 Å². The van der Waals surface area contributed by atoms with Crippen LogP contribution in [0.25, 0.3) is 21.2 Å². The summed E-state index contributed by atoms with van der Waals surface area (Å²) in [7, 11) is 3.58. The molecule has 0 spiro atoms. The Morgan fingerprint density at radius 3 is 2.67 bits per heavy atom. The standard InChI is InChI=1S/C26H23NO2S/c1-27(16-20-8-5-7-17-6-3-4-9-22(17)20)26(28)24-14-19-11-10-18-12-13-21(29-2)15-23(18)25(19)30-24/h3-9,12-15H,10-11,16H2,1-2H3. The Bertz CT molecular complexity index is 1250. The first-order chi connectivity index (χ1) is 14.6. The zero-order valence-electron chi connectivity index (χ0n) is 17.1. The number of thiophene rings is 1. The maximum absolute atomic E-state index is 13.2. The Balaban J connectivity index is 1.44. The third-order valence-electron chi connectivity index (χ3n) is 5.88. The van der Waals surface area contributed by atoms with Gasteiger partial charge in [-0.1, -0.05) is 48.5 Å². The number of ether oxygens (including phenoxy) is 1. The number of fused-ring (bicyclic) bond motifs is 4. The molecular weight excluding hydrogens is 390 g/mol. The van der Waals surface area contributed by atoms with Crippen molar-refractivity contribution in [3.63, 3.8) is 0 Å². The Morgan fingerprint density at radius 1 is 1.00 bits per heavy atom. The van der Waals surface area contributed by atoms with Gasteiger partial charge >= 0.3 is 0 Å². The smallest absolute Gasteiger partial charge is 0.263 e. The minimum atomic E-state index is 0.0757. The summed E-state index contributed by atoms with van der Waals surface area (Å²) >= 11 is 1.60. The molecule has 1 aromatic heterocycles. The van der Waals surface area contributed by atoms with Gasteiger partial charge in [0, 0.05) is 18.5 Å². The maximum Gasteiger partial charge on any atom is 0.263 e. The molecule has 0 aliphatic heterocycles. The van der Waals surface area contributed by atoms with Crippen LogP contribution in [-0.4, -0.2) is 25.0 Å². The number of methoxy groups -OCH3 is 1. The first-order valence-electron chi connectivity index (χ1n) is 10.2. The summed E-state index contributed by atoms with van der Waals surface area (Å²) in [5.41, 5.74) is 4.97. The van der Waals surface area contributed by atoms with Crippen LogP contribution in [0, 0.1) is 0 Å². The normalized spacial score (nSPS) is 12.3. The van der Waals surface area contributed by atoms with Gasteiger partial charge in [0.25, 0.3) is 5.91 Å². The molecule has 0 atom stereocenters.